The number of hydrogen-bond acceptors (Lipinski definition) is 9. The van der Waals surface area contributed by atoms with E-state index in [-0.39, 0.29) is 5.92 Å². The van der Waals surface area contributed by atoms with Crippen LogP contribution in [-0.2, 0) is 20.7 Å². The second-order valence-corrected chi connectivity index (χ2v) is 11.2. The summed E-state index contributed by atoms with van der Waals surface area (Å²) < 4.78 is 17.5. The molecule has 2 heterocycles. The monoisotopic (exact) mass is 577 g/mol. The highest BCUT2D eigenvalue weighted by Crippen LogP contribution is 2.37. The first kappa shape index (κ1) is 29.2. The van der Waals surface area contributed by atoms with Gasteiger partial charge in [-0.05, 0) is 60.1 Å². The van der Waals surface area contributed by atoms with Gasteiger partial charge in [-0.2, -0.15) is 0 Å². The van der Waals surface area contributed by atoms with Crippen LogP contribution in [0.3, 0.4) is 0 Å². The summed E-state index contributed by atoms with van der Waals surface area (Å²) in [6.07, 6.45) is -2.89. The third-order valence-corrected chi connectivity index (χ3v) is 8.22. The molecular weight excluding hydrogens is 542 g/mol. The fraction of sp³-hybridized carbons (Fsp3) is 0.552. The second kappa shape index (κ2) is 12.7. The second-order valence-electron chi connectivity index (χ2n) is 10.8. The Balaban J connectivity index is 1.36. The number of nitrogens with one attached hydrogen (secondary N) is 1. The van der Waals surface area contributed by atoms with Crippen LogP contribution >= 0.6 is 11.6 Å². The van der Waals surface area contributed by atoms with E-state index in [9.17, 15) is 30.3 Å². The molecule has 7 atom stereocenters. The van der Waals surface area contributed by atoms with Crippen molar-refractivity contribution >= 4 is 17.6 Å². The van der Waals surface area contributed by atoms with Gasteiger partial charge in [-0.3, -0.25) is 4.79 Å². The van der Waals surface area contributed by atoms with Gasteiger partial charge in [0.1, 0.15) is 48.9 Å². The molecule has 2 aromatic rings. The number of carbonyl (C=O) groups is 1. The van der Waals surface area contributed by atoms with E-state index in [1.54, 1.807) is 18.2 Å². The predicted molar refractivity (Wildman–Crippen MR) is 145 cm³/mol. The maximum atomic E-state index is 11.6. The minimum atomic E-state index is -1.48. The standard InChI is InChI=1S/C29H36ClNO9/c30-21-5-2-16(28-27(35)26(34)25(33)24(14-32)40-28)11-17(21)9-15-1-6-23(39-8-7-38-19-3-4-19)20(10-15)18-12-22(29(36)37)31-13-18/h1-2,5-6,10-11,18-19,22,24-28,31-35H,3-4,7-9,12-14H2,(H,36,37)/t18?,22-,24+,25+,26-,27+,28-/m0/s1. The third kappa shape index (κ3) is 6.61. The Kier molecular flexibility index (Phi) is 9.28. The Morgan fingerprint density at radius 1 is 1.05 bits per heavy atom. The van der Waals surface area contributed by atoms with Crippen LogP contribution in [0.1, 0.15) is 53.5 Å². The number of aliphatic hydroxyl groups excluding tert-OH is 4. The SMILES string of the molecule is O=C(O)[C@@H]1CC(c2cc(Cc3cc([C@@H]4O[C@H](CO)[C@@H](O)[C@H](O)[C@H]4O)ccc3Cl)ccc2OCCOC2CC2)CN1. The number of aliphatic hydroxyl groups is 4. The first-order valence-electron chi connectivity index (χ1n) is 13.7. The van der Waals surface area contributed by atoms with Crippen LogP contribution in [0.4, 0.5) is 0 Å². The maximum absolute atomic E-state index is 11.6. The van der Waals surface area contributed by atoms with Crippen molar-refractivity contribution in [3.63, 3.8) is 0 Å². The Labute approximate surface area is 237 Å². The Morgan fingerprint density at radius 2 is 1.85 bits per heavy atom. The molecule has 1 unspecified atom stereocenters. The Hall–Kier alpha value is -2.28. The molecule has 3 fully saturated rings. The first-order chi connectivity index (χ1) is 19.2. The van der Waals surface area contributed by atoms with E-state index in [2.05, 4.69) is 5.32 Å². The Bertz CT molecular complexity index is 1190. The average Bonchev–Trinajstić information content (AvgIpc) is 3.64. The molecule has 11 heteroatoms. The van der Waals surface area contributed by atoms with Gasteiger partial charge < -0.3 is 45.1 Å². The van der Waals surface area contributed by atoms with Crippen LogP contribution in [-0.4, -0.2) is 94.4 Å². The van der Waals surface area contributed by atoms with Gasteiger partial charge in [-0.1, -0.05) is 35.9 Å². The Morgan fingerprint density at radius 3 is 2.55 bits per heavy atom. The van der Waals surface area contributed by atoms with Crippen molar-refractivity contribution in [1.29, 1.82) is 0 Å². The molecule has 6 N–H and O–H groups in total. The quantitative estimate of drug-likeness (QED) is 0.216. The van der Waals surface area contributed by atoms with Crippen LogP contribution in [0.25, 0.3) is 0 Å². The smallest absolute Gasteiger partial charge is 0.320 e. The summed E-state index contributed by atoms with van der Waals surface area (Å²) in [7, 11) is 0. The molecule has 0 spiro atoms. The average molecular weight is 578 g/mol. The summed E-state index contributed by atoms with van der Waals surface area (Å²) in [5.74, 6) is -0.228. The van der Waals surface area contributed by atoms with Gasteiger partial charge in [-0.15, -0.1) is 0 Å². The lowest BCUT2D eigenvalue weighted by molar-refractivity contribution is -0.231. The van der Waals surface area contributed by atoms with Crippen LogP contribution in [0.15, 0.2) is 36.4 Å². The van der Waals surface area contributed by atoms with E-state index in [0.717, 1.165) is 29.5 Å². The molecule has 40 heavy (non-hydrogen) atoms. The van der Waals surface area contributed by atoms with E-state index < -0.39 is 49.1 Å². The predicted octanol–water partition coefficient (Wildman–Crippen LogP) is 1.53. The fourth-order valence-electron chi connectivity index (χ4n) is 5.42. The van der Waals surface area contributed by atoms with Gasteiger partial charge >= 0.3 is 5.97 Å². The van der Waals surface area contributed by atoms with Crippen LogP contribution < -0.4 is 10.1 Å². The van der Waals surface area contributed by atoms with Crippen molar-refractivity contribution in [3.05, 3.63) is 63.7 Å². The molecule has 0 amide bonds. The molecule has 2 aromatic carbocycles. The molecule has 1 saturated carbocycles. The minimum Gasteiger partial charge on any atom is -0.491 e. The highest BCUT2D eigenvalue weighted by Gasteiger charge is 2.44. The van der Waals surface area contributed by atoms with Gasteiger partial charge in [0.05, 0.1) is 19.3 Å². The van der Waals surface area contributed by atoms with Crippen LogP contribution in [0.2, 0.25) is 5.02 Å². The highest BCUT2D eigenvalue weighted by atomic mass is 35.5. The molecule has 0 radical (unpaired) electrons. The largest absolute Gasteiger partial charge is 0.491 e. The van der Waals surface area contributed by atoms with Crippen molar-refractivity contribution in [2.24, 2.45) is 0 Å². The van der Waals surface area contributed by atoms with Gasteiger partial charge in [0.2, 0.25) is 0 Å². The van der Waals surface area contributed by atoms with E-state index >= 15 is 0 Å². The van der Waals surface area contributed by atoms with Crippen molar-refractivity contribution in [1.82, 2.24) is 5.32 Å². The van der Waals surface area contributed by atoms with Gasteiger partial charge in [-0.25, -0.2) is 0 Å². The van der Waals surface area contributed by atoms with E-state index in [0.29, 0.717) is 55.0 Å². The molecule has 2 aliphatic heterocycles. The van der Waals surface area contributed by atoms with Gasteiger partial charge in [0, 0.05) is 17.5 Å². The number of carboxylic acid groups (broad SMARTS) is 1. The summed E-state index contributed by atoms with van der Waals surface area (Å²) in [5, 5.41) is 53.5. The molecule has 3 aliphatic rings. The number of halogens is 1. The fourth-order valence-corrected chi connectivity index (χ4v) is 5.61. The normalized spacial score (nSPS) is 30.4. The van der Waals surface area contributed by atoms with Crippen molar-refractivity contribution in [2.75, 3.05) is 26.4 Å². The first-order valence-corrected chi connectivity index (χ1v) is 14.0. The van der Waals surface area contributed by atoms with Crippen molar-refractivity contribution in [3.8, 4) is 5.75 Å². The molecule has 10 nitrogen and oxygen atoms in total. The van der Waals surface area contributed by atoms with Gasteiger partial charge in [0.15, 0.2) is 0 Å². The number of aliphatic carboxylic acids is 1. The van der Waals surface area contributed by atoms with E-state index in [1.165, 1.54) is 0 Å². The zero-order valence-corrected chi connectivity index (χ0v) is 22.7. The molecular formula is C29H36ClNO9. The lowest BCUT2D eigenvalue weighted by Gasteiger charge is -2.40. The van der Waals surface area contributed by atoms with E-state index in [4.69, 9.17) is 25.8 Å². The zero-order chi connectivity index (χ0) is 28.4. The van der Waals surface area contributed by atoms with Crippen molar-refractivity contribution < 1.29 is 44.5 Å². The van der Waals surface area contributed by atoms with Crippen LogP contribution in [0, 0.1) is 0 Å². The number of ether oxygens (including phenoxy) is 3. The maximum Gasteiger partial charge on any atom is 0.320 e. The summed E-state index contributed by atoms with van der Waals surface area (Å²) in [5.41, 5.74) is 3.16. The number of benzene rings is 2. The summed E-state index contributed by atoms with van der Waals surface area (Å²) >= 11 is 6.55. The van der Waals surface area contributed by atoms with Gasteiger partial charge in [0.25, 0.3) is 0 Å². The zero-order valence-electron chi connectivity index (χ0n) is 22.0. The molecule has 0 bridgehead atoms. The lowest BCUT2D eigenvalue weighted by Crippen LogP contribution is -2.55. The molecule has 218 valence electrons. The molecule has 0 aromatic heterocycles. The summed E-state index contributed by atoms with van der Waals surface area (Å²) in [6.45, 7) is 0.901. The topological polar surface area (TPSA) is 158 Å². The molecule has 1 aliphatic carbocycles. The van der Waals surface area contributed by atoms with Crippen LogP contribution in [0.5, 0.6) is 5.75 Å². The summed E-state index contributed by atoms with van der Waals surface area (Å²) in [4.78, 5) is 11.6. The number of rotatable bonds is 11. The number of hydrogen-bond donors (Lipinski definition) is 6. The summed E-state index contributed by atoms with van der Waals surface area (Å²) in [6, 6.07) is 10.4. The molecule has 5 rings (SSSR count). The minimum absolute atomic E-state index is 0.0451. The lowest BCUT2D eigenvalue weighted by atomic mass is 9.89. The highest BCUT2D eigenvalue weighted by molar-refractivity contribution is 6.31. The third-order valence-electron chi connectivity index (χ3n) is 7.85. The van der Waals surface area contributed by atoms with Crippen molar-refractivity contribution in [2.45, 2.75) is 74.3 Å². The molecule has 2 saturated heterocycles. The van der Waals surface area contributed by atoms with E-state index in [1.807, 2.05) is 18.2 Å². The number of carboxylic acids is 1.